The van der Waals surface area contributed by atoms with Gasteiger partial charge in [0.1, 0.15) is 17.7 Å². The number of anilines is 4. The Labute approximate surface area is 170 Å². The van der Waals surface area contributed by atoms with Crippen LogP contribution < -0.4 is 20.3 Å². The molecule has 5 rings (SSSR count). The maximum absolute atomic E-state index is 6.05. The monoisotopic (exact) mass is 388 g/mol. The number of nitrogens with one attached hydrogen (secondary N) is 2. The number of benzene rings is 2. The maximum atomic E-state index is 6.05. The molecule has 1 atom stereocenters. The summed E-state index contributed by atoms with van der Waals surface area (Å²) in [6, 6.07) is 18.7. The third-order valence-electron chi connectivity index (χ3n) is 5.54. The van der Waals surface area contributed by atoms with Crippen LogP contribution in [-0.2, 0) is 11.3 Å². The van der Waals surface area contributed by atoms with Gasteiger partial charge in [-0.1, -0.05) is 18.2 Å². The number of hydrogen-bond acceptors (Lipinski definition) is 6. The van der Waals surface area contributed by atoms with Gasteiger partial charge < -0.3 is 25.0 Å². The normalized spacial score (nSPS) is 18.0. The molecule has 6 nitrogen and oxygen atoms in total. The molecule has 0 spiro atoms. The van der Waals surface area contributed by atoms with Gasteiger partial charge in [0.25, 0.3) is 0 Å². The third-order valence-corrected chi connectivity index (χ3v) is 5.54. The summed E-state index contributed by atoms with van der Waals surface area (Å²) < 4.78 is 11.3. The molecule has 148 valence electrons. The number of fused-ring (bicyclic) bond motifs is 2. The minimum absolute atomic E-state index is 0.0491. The van der Waals surface area contributed by atoms with Crippen molar-refractivity contribution >= 4 is 22.9 Å². The molecule has 0 bridgehead atoms. The van der Waals surface area contributed by atoms with Crippen molar-refractivity contribution in [2.24, 2.45) is 0 Å². The number of methoxy groups -OCH3 is 1. The lowest BCUT2D eigenvalue weighted by Crippen LogP contribution is -2.38. The van der Waals surface area contributed by atoms with E-state index in [0.29, 0.717) is 6.61 Å². The summed E-state index contributed by atoms with van der Waals surface area (Å²) in [7, 11) is 1.68. The number of pyridine rings is 1. The van der Waals surface area contributed by atoms with Gasteiger partial charge in [-0.2, -0.15) is 0 Å². The van der Waals surface area contributed by atoms with Crippen molar-refractivity contribution in [3.05, 3.63) is 71.9 Å². The SMILES string of the molecule is COc1ccc(C2CN(c3ccc4c(c3)NCc3cccnc3N4)CCO2)cc1. The Kier molecular flexibility index (Phi) is 4.69. The molecular weight excluding hydrogens is 364 g/mol. The highest BCUT2D eigenvalue weighted by molar-refractivity contribution is 5.79. The van der Waals surface area contributed by atoms with E-state index in [0.717, 1.165) is 48.1 Å². The van der Waals surface area contributed by atoms with Crippen LogP contribution in [0.15, 0.2) is 60.8 Å². The van der Waals surface area contributed by atoms with Crippen LogP contribution >= 0.6 is 0 Å². The molecule has 3 aromatic rings. The lowest BCUT2D eigenvalue weighted by atomic mass is 10.1. The van der Waals surface area contributed by atoms with Crippen molar-refractivity contribution in [1.29, 1.82) is 0 Å². The molecule has 2 N–H and O–H groups in total. The standard InChI is InChI=1S/C23H24N4O2/c1-28-19-7-4-16(5-8-19)22-15-27(11-12-29-22)18-6-9-20-21(13-18)25-14-17-3-2-10-24-23(17)26-20/h2-10,13,22,25H,11-12,14-15H2,1H3,(H,24,26). The second-order valence-electron chi connectivity index (χ2n) is 7.30. The number of morpholine rings is 1. The minimum Gasteiger partial charge on any atom is -0.497 e. The zero-order chi connectivity index (χ0) is 19.6. The smallest absolute Gasteiger partial charge is 0.135 e. The zero-order valence-electron chi connectivity index (χ0n) is 16.4. The van der Waals surface area contributed by atoms with Crippen molar-refractivity contribution in [1.82, 2.24) is 4.98 Å². The van der Waals surface area contributed by atoms with E-state index in [-0.39, 0.29) is 6.10 Å². The van der Waals surface area contributed by atoms with E-state index in [2.05, 4.69) is 56.9 Å². The Bertz CT molecular complexity index is 1010. The summed E-state index contributed by atoms with van der Waals surface area (Å²) in [5.41, 5.74) is 5.67. The first-order chi connectivity index (χ1) is 14.3. The van der Waals surface area contributed by atoms with Gasteiger partial charge in [-0.15, -0.1) is 0 Å². The number of ether oxygens (including phenoxy) is 2. The molecule has 2 aliphatic rings. The predicted octanol–water partition coefficient (Wildman–Crippen LogP) is 4.34. The molecular formula is C23H24N4O2. The van der Waals surface area contributed by atoms with Crippen LogP contribution in [0.4, 0.5) is 22.9 Å². The van der Waals surface area contributed by atoms with Crippen LogP contribution in [-0.4, -0.2) is 31.8 Å². The Morgan fingerprint density at radius 2 is 2.00 bits per heavy atom. The van der Waals surface area contributed by atoms with E-state index in [9.17, 15) is 0 Å². The lowest BCUT2D eigenvalue weighted by Gasteiger charge is -2.35. The van der Waals surface area contributed by atoms with E-state index in [1.165, 1.54) is 11.3 Å². The highest BCUT2D eigenvalue weighted by Crippen LogP contribution is 2.35. The van der Waals surface area contributed by atoms with Crippen LogP contribution in [0.3, 0.4) is 0 Å². The Morgan fingerprint density at radius 1 is 1.10 bits per heavy atom. The fourth-order valence-corrected chi connectivity index (χ4v) is 3.90. The van der Waals surface area contributed by atoms with Crippen LogP contribution in [0.2, 0.25) is 0 Å². The molecule has 1 fully saturated rings. The first-order valence-corrected chi connectivity index (χ1v) is 9.89. The molecule has 29 heavy (non-hydrogen) atoms. The van der Waals surface area contributed by atoms with Gasteiger partial charge in [-0.25, -0.2) is 4.98 Å². The number of aromatic nitrogens is 1. The first-order valence-electron chi connectivity index (χ1n) is 9.89. The highest BCUT2D eigenvalue weighted by Gasteiger charge is 2.23. The zero-order valence-corrected chi connectivity index (χ0v) is 16.4. The van der Waals surface area contributed by atoms with Crippen molar-refractivity contribution < 1.29 is 9.47 Å². The summed E-state index contributed by atoms with van der Waals surface area (Å²) in [5, 5.41) is 6.99. The molecule has 0 radical (unpaired) electrons. The van der Waals surface area contributed by atoms with Crippen LogP contribution in [0.25, 0.3) is 0 Å². The average Bonchev–Trinajstić information content (AvgIpc) is 2.98. The van der Waals surface area contributed by atoms with Gasteiger partial charge in [-0.05, 0) is 42.0 Å². The quantitative estimate of drug-likeness (QED) is 0.696. The molecule has 2 aromatic carbocycles. The Balaban J connectivity index is 1.36. The van der Waals surface area contributed by atoms with E-state index >= 15 is 0 Å². The maximum Gasteiger partial charge on any atom is 0.135 e. The summed E-state index contributed by atoms with van der Waals surface area (Å²) >= 11 is 0. The van der Waals surface area contributed by atoms with Crippen molar-refractivity contribution in [2.45, 2.75) is 12.6 Å². The highest BCUT2D eigenvalue weighted by atomic mass is 16.5. The van der Waals surface area contributed by atoms with Crippen LogP contribution in [0.5, 0.6) is 5.75 Å². The summed E-state index contributed by atoms with van der Waals surface area (Å²) in [4.78, 5) is 6.84. The third kappa shape index (κ3) is 3.59. The fourth-order valence-electron chi connectivity index (χ4n) is 3.90. The summed E-state index contributed by atoms with van der Waals surface area (Å²) in [6.45, 7) is 3.15. The van der Waals surface area contributed by atoms with Crippen LogP contribution in [0.1, 0.15) is 17.2 Å². The molecule has 1 saturated heterocycles. The van der Waals surface area contributed by atoms with Gasteiger partial charge >= 0.3 is 0 Å². The van der Waals surface area contributed by atoms with Crippen LogP contribution in [0, 0.1) is 0 Å². The van der Waals surface area contributed by atoms with Gasteiger partial charge in [0.15, 0.2) is 0 Å². The van der Waals surface area contributed by atoms with Crippen molar-refractivity contribution in [2.75, 3.05) is 42.3 Å². The van der Waals surface area contributed by atoms with Gasteiger partial charge in [0, 0.05) is 37.1 Å². The molecule has 2 aliphatic heterocycles. The number of hydrogen-bond donors (Lipinski definition) is 2. The molecule has 1 unspecified atom stereocenters. The van der Waals surface area contributed by atoms with E-state index < -0.39 is 0 Å². The fraction of sp³-hybridized carbons (Fsp3) is 0.261. The van der Waals surface area contributed by atoms with E-state index in [1.807, 2.05) is 24.4 Å². The largest absolute Gasteiger partial charge is 0.497 e. The Hall–Kier alpha value is -3.25. The predicted molar refractivity (Wildman–Crippen MR) is 115 cm³/mol. The topological polar surface area (TPSA) is 58.7 Å². The summed E-state index contributed by atoms with van der Waals surface area (Å²) in [6.07, 6.45) is 1.87. The van der Waals surface area contributed by atoms with E-state index in [1.54, 1.807) is 7.11 Å². The molecule has 0 aliphatic carbocycles. The molecule has 6 heteroatoms. The molecule has 3 heterocycles. The van der Waals surface area contributed by atoms with Gasteiger partial charge in [0.05, 0.1) is 25.1 Å². The second-order valence-corrected chi connectivity index (χ2v) is 7.30. The van der Waals surface area contributed by atoms with Gasteiger partial charge in [-0.3, -0.25) is 0 Å². The average molecular weight is 388 g/mol. The summed E-state index contributed by atoms with van der Waals surface area (Å²) in [5.74, 6) is 1.78. The number of nitrogens with zero attached hydrogens (tertiary/aromatic N) is 2. The minimum atomic E-state index is 0.0491. The molecule has 1 aromatic heterocycles. The Morgan fingerprint density at radius 3 is 2.86 bits per heavy atom. The van der Waals surface area contributed by atoms with Crippen molar-refractivity contribution in [3.8, 4) is 5.75 Å². The van der Waals surface area contributed by atoms with Crippen molar-refractivity contribution in [3.63, 3.8) is 0 Å². The lowest BCUT2D eigenvalue weighted by molar-refractivity contribution is 0.0398. The van der Waals surface area contributed by atoms with E-state index in [4.69, 9.17) is 9.47 Å². The molecule has 0 saturated carbocycles. The van der Waals surface area contributed by atoms with Gasteiger partial charge in [0.2, 0.25) is 0 Å². The number of rotatable bonds is 3. The molecule has 0 amide bonds. The first kappa shape index (κ1) is 17.8. The second kappa shape index (κ2) is 7.64.